The van der Waals surface area contributed by atoms with Crippen LogP contribution >= 0.6 is 34.5 Å². The van der Waals surface area contributed by atoms with Gasteiger partial charge in [0.2, 0.25) is 5.91 Å². The maximum atomic E-state index is 12.0. The Hall–Kier alpha value is -1.10. The molecule has 1 N–H and O–H groups in total. The number of hydrogen-bond acceptors (Lipinski definition) is 3. The van der Waals surface area contributed by atoms with Crippen LogP contribution in [0, 0.1) is 0 Å². The number of aromatic nitrogens is 1. The number of amides is 1. The number of halogens is 2. The van der Waals surface area contributed by atoms with E-state index in [1.807, 2.05) is 12.3 Å². The van der Waals surface area contributed by atoms with E-state index in [1.165, 1.54) is 11.3 Å². The van der Waals surface area contributed by atoms with Crippen LogP contribution in [0.2, 0.25) is 10.0 Å². The first-order valence-corrected chi connectivity index (χ1v) is 8.83. The predicted molar refractivity (Wildman–Crippen MR) is 93.8 cm³/mol. The lowest BCUT2D eigenvalue weighted by atomic mass is 10.2. The van der Waals surface area contributed by atoms with E-state index in [-0.39, 0.29) is 18.4 Å². The van der Waals surface area contributed by atoms with Crippen LogP contribution in [0.5, 0.6) is 0 Å². The van der Waals surface area contributed by atoms with E-state index in [1.54, 1.807) is 18.2 Å². The third-order valence-corrected chi connectivity index (χ3v) is 4.74. The van der Waals surface area contributed by atoms with Gasteiger partial charge in [-0.3, -0.25) is 4.79 Å². The summed E-state index contributed by atoms with van der Waals surface area (Å²) in [6, 6.07) is 5.55. The van der Waals surface area contributed by atoms with Crippen LogP contribution in [0.25, 0.3) is 10.6 Å². The third kappa shape index (κ3) is 4.45. The van der Waals surface area contributed by atoms with Crippen molar-refractivity contribution in [3.05, 3.63) is 39.3 Å². The van der Waals surface area contributed by atoms with E-state index in [2.05, 4.69) is 17.2 Å². The van der Waals surface area contributed by atoms with Crippen molar-refractivity contribution in [3.63, 3.8) is 0 Å². The fraction of sp³-hybridized carbons (Fsp3) is 0.375. The molecule has 0 spiro atoms. The molecule has 1 aromatic heterocycles. The molecule has 0 aliphatic carbocycles. The van der Waals surface area contributed by atoms with Gasteiger partial charge < -0.3 is 5.32 Å². The SMILES string of the molecule is CCCC(C)NC(=O)Cc1csc(-c2c(Cl)cccc2Cl)n1. The quantitative estimate of drug-likeness (QED) is 0.794. The van der Waals surface area contributed by atoms with Gasteiger partial charge in [0, 0.05) is 17.0 Å². The monoisotopic (exact) mass is 356 g/mol. The Labute approximate surface area is 144 Å². The van der Waals surface area contributed by atoms with Gasteiger partial charge in [0.05, 0.1) is 22.2 Å². The topological polar surface area (TPSA) is 42.0 Å². The summed E-state index contributed by atoms with van der Waals surface area (Å²) in [4.78, 5) is 16.5. The predicted octanol–water partition coefficient (Wildman–Crippen LogP) is 4.96. The van der Waals surface area contributed by atoms with Crippen LogP contribution in [0.1, 0.15) is 32.4 Å². The number of carbonyl (C=O) groups is 1. The largest absolute Gasteiger partial charge is 0.353 e. The van der Waals surface area contributed by atoms with Crippen molar-refractivity contribution in [1.29, 1.82) is 0 Å². The Morgan fingerprint density at radius 3 is 2.68 bits per heavy atom. The van der Waals surface area contributed by atoms with Crippen molar-refractivity contribution in [2.45, 2.75) is 39.2 Å². The summed E-state index contributed by atoms with van der Waals surface area (Å²) in [5.41, 5.74) is 1.46. The average molecular weight is 357 g/mol. The highest BCUT2D eigenvalue weighted by atomic mass is 35.5. The standard InChI is InChI=1S/C16H18Cl2N2OS/c1-3-5-10(2)19-14(21)8-11-9-22-16(20-11)15-12(17)6-4-7-13(15)18/h4,6-7,9-10H,3,5,8H2,1-2H3,(H,19,21). The highest BCUT2D eigenvalue weighted by Gasteiger charge is 2.14. The summed E-state index contributed by atoms with van der Waals surface area (Å²) in [6.07, 6.45) is 2.29. The average Bonchev–Trinajstić information content (AvgIpc) is 2.86. The molecule has 1 amide bonds. The summed E-state index contributed by atoms with van der Waals surface area (Å²) >= 11 is 13.8. The minimum absolute atomic E-state index is 0.0111. The second kappa shape index (κ2) is 7.95. The highest BCUT2D eigenvalue weighted by Crippen LogP contribution is 2.36. The molecule has 3 nitrogen and oxygen atoms in total. The van der Waals surface area contributed by atoms with Crippen LogP contribution in [0.3, 0.4) is 0 Å². The number of benzene rings is 1. The Morgan fingerprint density at radius 1 is 1.36 bits per heavy atom. The van der Waals surface area contributed by atoms with Crippen molar-refractivity contribution < 1.29 is 4.79 Å². The summed E-state index contributed by atoms with van der Waals surface area (Å²) < 4.78 is 0. The Kier molecular flexibility index (Phi) is 6.24. The zero-order valence-electron chi connectivity index (χ0n) is 12.5. The van der Waals surface area contributed by atoms with E-state index in [4.69, 9.17) is 23.2 Å². The number of rotatable bonds is 6. The van der Waals surface area contributed by atoms with Gasteiger partial charge in [0.25, 0.3) is 0 Å². The number of nitrogens with zero attached hydrogens (tertiary/aromatic N) is 1. The molecular weight excluding hydrogens is 339 g/mol. The number of nitrogens with one attached hydrogen (secondary N) is 1. The smallest absolute Gasteiger partial charge is 0.226 e. The van der Waals surface area contributed by atoms with Crippen molar-refractivity contribution in [2.75, 3.05) is 0 Å². The van der Waals surface area contributed by atoms with Gasteiger partial charge >= 0.3 is 0 Å². The maximum absolute atomic E-state index is 12.0. The second-order valence-corrected chi connectivity index (χ2v) is 6.85. The summed E-state index contributed by atoms with van der Waals surface area (Å²) in [5, 5.41) is 6.71. The van der Waals surface area contributed by atoms with Crippen LogP contribution in [-0.2, 0) is 11.2 Å². The Balaban J connectivity index is 2.07. The lowest BCUT2D eigenvalue weighted by molar-refractivity contribution is -0.121. The number of carbonyl (C=O) groups excluding carboxylic acids is 1. The number of thiazole rings is 1. The Morgan fingerprint density at radius 2 is 2.05 bits per heavy atom. The van der Waals surface area contributed by atoms with Gasteiger partial charge in [0.1, 0.15) is 5.01 Å². The van der Waals surface area contributed by atoms with Gasteiger partial charge in [0.15, 0.2) is 0 Å². The molecule has 2 rings (SSSR count). The molecule has 0 aliphatic rings. The molecule has 22 heavy (non-hydrogen) atoms. The van der Waals surface area contributed by atoms with Gasteiger partial charge in [-0.15, -0.1) is 11.3 Å². The van der Waals surface area contributed by atoms with Crippen LogP contribution in [-0.4, -0.2) is 16.9 Å². The van der Waals surface area contributed by atoms with E-state index >= 15 is 0 Å². The molecule has 1 unspecified atom stereocenters. The first-order chi connectivity index (χ1) is 10.5. The molecule has 6 heteroatoms. The highest BCUT2D eigenvalue weighted by molar-refractivity contribution is 7.13. The van der Waals surface area contributed by atoms with E-state index < -0.39 is 0 Å². The molecule has 0 saturated heterocycles. The van der Waals surface area contributed by atoms with Gasteiger partial charge in [-0.25, -0.2) is 4.98 Å². The first-order valence-electron chi connectivity index (χ1n) is 7.19. The van der Waals surface area contributed by atoms with Gasteiger partial charge in [-0.05, 0) is 25.5 Å². The minimum atomic E-state index is -0.0111. The lowest BCUT2D eigenvalue weighted by Crippen LogP contribution is -2.33. The fourth-order valence-corrected chi connectivity index (χ4v) is 3.78. The molecule has 1 heterocycles. The molecule has 0 radical (unpaired) electrons. The summed E-state index contributed by atoms with van der Waals surface area (Å²) in [7, 11) is 0. The lowest BCUT2D eigenvalue weighted by Gasteiger charge is -2.11. The zero-order chi connectivity index (χ0) is 16.1. The van der Waals surface area contributed by atoms with Crippen molar-refractivity contribution >= 4 is 40.4 Å². The first kappa shape index (κ1) is 17.3. The fourth-order valence-electron chi connectivity index (χ4n) is 2.20. The molecular formula is C16H18Cl2N2OS. The molecule has 0 fully saturated rings. The maximum Gasteiger partial charge on any atom is 0.226 e. The van der Waals surface area contributed by atoms with Crippen molar-refractivity contribution in [1.82, 2.24) is 10.3 Å². The molecule has 0 saturated carbocycles. The van der Waals surface area contributed by atoms with E-state index in [9.17, 15) is 4.79 Å². The van der Waals surface area contributed by atoms with E-state index in [0.29, 0.717) is 10.0 Å². The molecule has 1 aromatic carbocycles. The molecule has 0 aliphatic heterocycles. The molecule has 118 valence electrons. The van der Waals surface area contributed by atoms with Crippen LogP contribution in [0.4, 0.5) is 0 Å². The molecule has 1 atom stereocenters. The van der Waals surface area contributed by atoms with Crippen molar-refractivity contribution in [3.8, 4) is 10.6 Å². The summed E-state index contributed by atoms with van der Waals surface area (Å²) in [6.45, 7) is 4.11. The van der Waals surface area contributed by atoms with E-state index in [0.717, 1.165) is 29.1 Å². The van der Waals surface area contributed by atoms with Gasteiger partial charge in [-0.1, -0.05) is 42.6 Å². The van der Waals surface area contributed by atoms with Crippen molar-refractivity contribution in [2.24, 2.45) is 0 Å². The van der Waals surface area contributed by atoms with Crippen LogP contribution in [0.15, 0.2) is 23.6 Å². The normalized spacial score (nSPS) is 12.2. The van der Waals surface area contributed by atoms with Crippen LogP contribution < -0.4 is 5.32 Å². The molecule has 0 bridgehead atoms. The third-order valence-electron chi connectivity index (χ3n) is 3.20. The minimum Gasteiger partial charge on any atom is -0.353 e. The summed E-state index contributed by atoms with van der Waals surface area (Å²) in [5.74, 6) is -0.0111. The zero-order valence-corrected chi connectivity index (χ0v) is 14.9. The second-order valence-electron chi connectivity index (χ2n) is 5.17. The molecule has 2 aromatic rings. The Bertz CT molecular complexity index is 637. The van der Waals surface area contributed by atoms with Gasteiger partial charge in [-0.2, -0.15) is 0 Å². The number of hydrogen-bond donors (Lipinski definition) is 1.